The van der Waals surface area contributed by atoms with Gasteiger partial charge in [-0.2, -0.15) is 0 Å². The van der Waals surface area contributed by atoms with Crippen molar-refractivity contribution >= 4 is 11.9 Å². The van der Waals surface area contributed by atoms with Crippen LogP contribution in [-0.2, 0) is 11.2 Å². The van der Waals surface area contributed by atoms with E-state index in [9.17, 15) is 4.79 Å². The van der Waals surface area contributed by atoms with Crippen LogP contribution in [0.4, 0.5) is 5.95 Å². The van der Waals surface area contributed by atoms with Gasteiger partial charge in [-0.05, 0) is 31.4 Å². The molecule has 2 fully saturated rings. The Bertz CT molecular complexity index is 551. The third kappa shape index (κ3) is 2.80. The van der Waals surface area contributed by atoms with E-state index in [0.29, 0.717) is 0 Å². The minimum absolute atomic E-state index is 0.285. The topological polar surface area (TPSA) is 52.6 Å². The van der Waals surface area contributed by atoms with Crippen LogP contribution in [0.5, 0.6) is 0 Å². The van der Waals surface area contributed by atoms with Gasteiger partial charge in [0.25, 0.3) is 0 Å². The van der Waals surface area contributed by atoms with E-state index in [1.54, 1.807) is 0 Å². The number of amides is 1. The zero-order valence-electron chi connectivity index (χ0n) is 14.5. The molecule has 2 aliphatic rings. The summed E-state index contributed by atoms with van der Waals surface area (Å²) in [6.07, 6.45) is 6.47. The van der Waals surface area contributed by atoms with Crippen LogP contribution in [0.25, 0.3) is 0 Å². The van der Waals surface area contributed by atoms with E-state index < -0.39 is 0 Å². The second kappa shape index (κ2) is 6.43. The molecule has 6 heteroatoms. The van der Waals surface area contributed by atoms with E-state index in [-0.39, 0.29) is 11.4 Å². The number of likely N-dealkylation sites (N-methyl/N-ethyl adjacent to an activating group) is 2. The second-order valence-electron chi connectivity index (χ2n) is 6.57. The summed E-state index contributed by atoms with van der Waals surface area (Å²) in [5.74, 6) is 1.07. The number of aryl methyl sites for hydroxylation is 1. The highest BCUT2D eigenvalue weighted by molar-refractivity contribution is 5.87. The van der Waals surface area contributed by atoms with Crippen molar-refractivity contribution in [3.05, 3.63) is 18.0 Å². The maximum Gasteiger partial charge on any atom is 0.243 e. The van der Waals surface area contributed by atoms with Crippen molar-refractivity contribution in [1.29, 1.82) is 0 Å². The van der Waals surface area contributed by atoms with Crippen molar-refractivity contribution in [3.63, 3.8) is 0 Å². The van der Waals surface area contributed by atoms with Gasteiger partial charge in [0.05, 0.1) is 0 Å². The van der Waals surface area contributed by atoms with Gasteiger partial charge in [0.2, 0.25) is 11.9 Å². The molecule has 1 amide bonds. The van der Waals surface area contributed by atoms with Gasteiger partial charge in [0.15, 0.2) is 0 Å². The molecule has 0 unspecified atom stereocenters. The highest BCUT2D eigenvalue weighted by Crippen LogP contribution is 2.34. The van der Waals surface area contributed by atoms with Crippen LogP contribution >= 0.6 is 0 Å². The van der Waals surface area contributed by atoms with E-state index in [1.165, 1.54) is 0 Å². The molecule has 0 aromatic carbocycles. The standard InChI is InChI=1S/C17H27N5O/c1-4-14-12-18-16(19-13-14)21-8-6-17(7-9-21)15(23)20(3)10-11-22(17)5-2/h12-13H,4-11H2,1-3H3. The summed E-state index contributed by atoms with van der Waals surface area (Å²) in [5.41, 5.74) is 0.838. The lowest BCUT2D eigenvalue weighted by molar-refractivity contribution is -0.151. The number of carbonyl (C=O) groups is 1. The van der Waals surface area contributed by atoms with E-state index in [1.807, 2.05) is 24.3 Å². The molecule has 3 heterocycles. The number of piperidine rings is 1. The Kier molecular flexibility index (Phi) is 4.53. The monoisotopic (exact) mass is 317 g/mol. The Morgan fingerprint density at radius 2 is 1.74 bits per heavy atom. The quantitative estimate of drug-likeness (QED) is 0.838. The van der Waals surface area contributed by atoms with Crippen molar-refractivity contribution in [2.45, 2.75) is 38.6 Å². The molecule has 0 N–H and O–H groups in total. The molecule has 2 aliphatic heterocycles. The number of nitrogens with zero attached hydrogens (tertiary/aromatic N) is 5. The van der Waals surface area contributed by atoms with Crippen molar-refractivity contribution in [3.8, 4) is 0 Å². The van der Waals surface area contributed by atoms with Gasteiger partial charge in [0.1, 0.15) is 5.54 Å². The molecule has 2 saturated heterocycles. The summed E-state index contributed by atoms with van der Waals surface area (Å²) in [5, 5.41) is 0. The normalized spacial score (nSPS) is 22.0. The lowest BCUT2D eigenvalue weighted by atomic mass is 9.82. The average molecular weight is 317 g/mol. The number of anilines is 1. The summed E-state index contributed by atoms with van der Waals surface area (Å²) in [6, 6.07) is 0. The lowest BCUT2D eigenvalue weighted by Gasteiger charge is -2.52. The summed E-state index contributed by atoms with van der Waals surface area (Å²) in [6.45, 7) is 8.66. The molecule has 0 saturated carbocycles. The Labute approximate surface area is 138 Å². The molecule has 126 valence electrons. The average Bonchev–Trinajstić information content (AvgIpc) is 2.61. The number of aromatic nitrogens is 2. The highest BCUT2D eigenvalue weighted by Gasteiger charge is 2.49. The largest absolute Gasteiger partial charge is 0.343 e. The van der Waals surface area contributed by atoms with Crippen LogP contribution in [0, 0.1) is 0 Å². The van der Waals surface area contributed by atoms with Gasteiger partial charge in [-0.3, -0.25) is 9.69 Å². The Morgan fingerprint density at radius 3 is 2.30 bits per heavy atom. The number of carbonyl (C=O) groups excluding carboxylic acids is 1. The van der Waals surface area contributed by atoms with E-state index in [0.717, 1.165) is 63.5 Å². The van der Waals surface area contributed by atoms with Crippen molar-refractivity contribution in [2.24, 2.45) is 0 Å². The fraction of sp³-hybridized carbons (Fsp3) is 0.706. The fourth-order valence-electron chi connectivity index (χ4n) is 3.84. The molecular weight excluding hydrogens is 290 g/mol. The Morgan fingerprint density at radius 1 is 1.09 bits per heavy atom. The van der Waals surface area contributed by atoms with E-state index in [4.69, 9.17) is 0 Å². The van der Waals surface area contributed by atoms with Crippen molar-refractivity contribution < 1.29 is 4.79 Å². The van der Waals surface area contributed by atoms with Crippen LogP contribution in [-0.4, -0.2) is 71.0 Å². The van der Waals surface area contributed by atoms with Crippen LogP contribution in [0.1, 0.15) is 32.3 Å². The van der Waals surface area contributed by atoms with Crippen LogP contribution in [0.15, 0.2) is 12.4 Å². The first kappa shape index (κ1) is 16.2. The third-order valence-corrected chi connectivity index (χ3v) is 5.41. The molecular formula is C17H27N5O. The summed E-state index contributed by atoms with van der Waals surface area (Å²) in [7, 11) is 1.93. The predicted molar refractivity (Wildman–Crippen MR) is 90.5 cm³/mol. The first-order chi connectivity index (χ1) is 11.1. The minimum atomic E-state index is -0.318. The van der Waals surface area contributed by atoms with E-state index in [2.05, 4.69) is 33.6 Å². The third-order valence-electron chi connectivity index (χ3n) is 5.41. The molecule has 0 atom stereocenters. The smallest absolute Gasteiger partial charge is 0.243 e. The maximum atomic E-state index is 12.8. The summed E-state index contributed by atoms with van der Waals surface area (Å²) >= 11 is 0. The van der Waals surface area contributed by atoms with Crippen LogP contribution in [0.3, 0.4) is 0 Å². The Hall–Kier alpha value is -1.69. The van der Waals surface area contributed by atoms with Gasteiger partial charge in [-0.15, -0.1) is 0 Å². The van der Waals surface area contributed by atoms with Crippen LogP contribution in [0.2, 0.25) is 0 Å². The van der Waals surface area contributed by atoms with Gasteiger partial charge in [0, 0.05) is 45.6 Å². The number of hydrogen-bond donors (Lipinski definition) is 0. The van der Waals surface area contributed by atoms with Crippen LogP contribution < -0.4 is 4.90 Å². The fourth-order valence-corrected chi connectivity index (χ4v) is 3.84. The molecule has 0 radical (unpaired) electrons. The number of hydrogen-bond acceptors (Lipinski definition) is 5. The second-order valence-corrected chi connectivity index (χ2v) is 6.57. The zero-order chi connectivity index (χ0) is 16.4. The Balaban J connectivity index is 1.74. The van der Waals surface area contributed by atoms with Gasteiger partial charge in [-0.25, -0.2) is 9.97 Å². The molecule has 3 rings (SSSR count). The molecule has 6 nitrogen and oxygen atoms in total. The first-order valence-corrected chi connectivity index (χ1v) is 8.67. The van der Waals surface area contributed by atoms with E-state index >= 15 is 0 Å². The van der Waals surface area contributed by atoms with Crippen molar-refractivity contribution in [2.75, 3.05) is 44.7 Å². The lowest BCUT2D eigenvalue weighted by Crippen LogP contribution is -2.68. The molecule has 23 heavy (non-hydrogen) atoms. The molecule has 0 aliphatic carbocycles. The zero-order valence-corrected chi connectivity index (χ0v) is 14.5. The van der Waals surface area contributed by atoms with Gasteiger partial charge >= 0.3 is 0 Å². The molecule has 1 spiro atoms. The van der Waals surface area contributed by atoms with Crippen molar-refractivity contribution in [1.82, 2.24) is 19.8 Å². The molecule has 0 bridgehead atoms. The summed E-state index contributed by atoms with van der Waals surface area (Å²) in [4.78, 5) is 28.3. The highest BCUT2D eigenvalue weighted by atomic mass is 16.2. The van der Waals surface area contributed by atoms with Gasteiger partial charge in [-0.1, -0.05) is 13.8 Å². The number of rotatable bonds is 3. The molecule has 1 aromatic heterocycles. The minimum Gasteiger partial charge on any atom is -0.343 e. The number of piperazine rings is 1. The first-order valence-electron chi connectivity index (χ1n) is 8.67. The SMILES string of the molecule is CCc1cnc(N2CCC3(CC2)C(=O)N(C)CCN3CC)nc1. The molecule has 1 aromatic rings. The van der Waals surface area contributed by atoms with Gasteiger partial charge < -0.3 is 9.80 Å². The summed E-state index contributed by atoms with van der Waals surface area (Å²) < 4.78 is 0. The maximum absolute atomic E-state index is 12.8. The predicted octanol–water partition coefficient (Wildman–Crippen LogP) is 1.17.